The van der Waals surface area contributed by atoms with Gasteiger partial charge in [-0.1, -0.05) is 13.0 Å². The van der Waals surface area contributed by atoms with Crippen LogP contribution in [0.2, 0.25) is 0 Å². The second-order valence-electron chi connectivity index (χ2n) is 3.56. The summed E-state index contributed by atoms with van der Waals surface area (Å²) in [6, 6.07) is 4.13. The number of para-hydroxylation sites is 1. The zero-order valence-corrected chi connectivity index (χ0v) is 11.0. The van der Waals surface area contributed by atoms with Crippen LogP contribution in [0.3, 0.4) is 0 Å². The fourth-order valence-corrected chi connectivity index (χ4v) is 2.77. The van der Waals surface area contributed by atoms with E-state index in [-0.39, 0.29) is 17.1 Å². The maximum absolute atomic E-state index is 11.9. The van der Waals surface area contributed by atoms with Gasteiger partial charge in [-0.25, -0.2) is 13.1 Å². The van der Waals surface area contributed by atoms with Gasteiger partial charge in [0.05, 0.1) is 4.92 Å². The van der Waals surface area contributed by atoms with Gasteiger partial charge in [0.25, 0.3) is 0 Å². The molecule has 1 rings (SSSR count). The zero-order valence-electron chi connectivity index (χ0n) is 10.1. The van der Waals surface area contributed by atoms with Crippen LogP contribution in [0.15, 0.2) is 23.1 Å². The van der Waals surface area contributed by atoms with E-state index in [2.05, 4.69) is 10.0 Å². The molecular weight excluding hydrogens is 258 g/mol. The minimum absolute atomic E-state index is 0.166. The number of hydrogen-bond donors (Lipinski definition) is 2. The van der Waals surface area contributed by atoms with Crippen molar-refractivity contribution in [2.75, 3.05) is 18.9 Å². The van der Waals surface area contributed by atoms with Crippen molar-refractivity contribution in [3.63, 3.8) is 0 Å². The summed E-state index contributed by atoms with van der Waals surface area (Å²) in [5, 5.41) is 13.6. The van der Waals surface area contributed by atoms with Crippen molar-refractivity contribution in [1.29, 1.82) is 0 Å². The van der Waals surface area contributed by atoms with Crippen molar-refractivity contribution in [3.05, 3.63) is 28.3 Å². The molecule has 7 nitrogen and oxygen atoms in total. The summed E-state index contributed by atoms with van der Waals surface area (Å²) < 4.78 is 26.2. The van der Waals surface area contributed by atoms with Crippen LogP contribution in [0.5, 0.6) is 0 Å². The number of hydrogen-bond acceptors (Lipinski definition) is 5. The molecule has 1 aromatic rings. The van der Waals surface area contributed by atoms with Gasteiger partial charge in [0.15, 0.2) is 4.90 Å². The second kappa shape index (κ2) is 5.78. The Kier molecular flexibility index (Phi) is 4.62. The number of anilines is 1. The summed E-state index contributed by atoms with van der Waals surface area (Å²) in [4.78, 5) is 9.97. The Morgan fingerprint density at radius 2 is 2.06 bits per heavy atom. The standard InChI is InChI=1S/C10H15N3O4S/c1-3-7-12-18(16,17)9-6-4-5-8(11-2)10(9)13(14)15/h4-6,11-12H,3,7H2,1-2H3. The number of nitrogens with zero attached hydrogens (tertiary/aromatic N) is 1. The lowest BCUT2D eigenvalue weighted by Crippen LogP contribution is -2.25. The highest BCUT2D eigenvalue weighted by Crippen LogP contribution is 2.31. The van der Waals surface area contributed by atoms with E-state index in [9.17, 15) is 18.5 Å². The van der Waals surface area contributed by atoms with Gasteiger partial charge in [-0.05, 0) is 18.6 Å². The quantitative estimate of drug-likeness (QED) is 0.601. The topological polar surface area (TPSA) is 101 Å². The summed E-state index contributed by atoms with van der Waals surface area (Å²) in [5.41, 5.74) is -0.275. The average molecular weight is 273 g/mol. The molecule has 0 bridgehead atoms. The summed E-state index contributed by atoms with van der Waals surface area (Å²) in [5.74, 6) is 0. The lowest BCUT2D eigenvalue weighted by molar-refractivity contribution is -0.386. The third-order valence-electron chi connectivity index (χ3n) is 2.28. The van der Waals surface area contributed by atoms with Crippen molar-refractivity contribution >= 4 is 21.4 Å². The molecule has 8 heteroatoms. The van der Waals surface area contributed by atoms with E-state index in [1.165, 1.54) is 25.2 Å². The molecule has 0 amide bonds. The molecule has 0 heterocycles. The molecule has 0 spiro atoms. The number of benzene rings is 1. The first-order valence-electron chi connectivity index (χ1n) is 5.39. The predicted molar refractivity (Wildman–Crippen MR) is 68.1 cm³/mol. The van der Waals surface area contributed by atoms with Gasteiger partial charge in [0.1, 0.15) is 5.69 Å². The van der Waals surface area contributed by atoms with Crippen LogP contribution in [0, 0.1) is 10.1 Å². The van der Waals surface area contributed by atoms with Crippen molar-refractivity contribution in [2.24, 2.45) is 0 Å². The highest BCUT2D eigenvalue weighted by atomic mass is 32.2. The fourth-order valence-electron chi connectivity index (χ4n) is 1.44. The molecule has 0 atom stereocenters. The molecule has 0 radical (unpaired) electrons. The molecule has 18 heavy (non-hydrogen) atoms. The molecule has 0 saturated carbocycles. The highest BCUT2D eigenvalue weighted by Gasteiger charge is 2.28. The molecule has 0 aromatic heterocycles. The number of nitrogens with one attached hydrogen (secondary N) is 2. The van der Waals surface area contributed by atoms with Crippen LogP contribution < -0.4 is 10.0 Å². The maximum Gasteiger partial charge on any atom is 0.312 e. The van der Waals surface area contributed by atoms with Gasteiger partial charge < -0.3 is 5.32 Å². The molecule has 0 unspecified atom stereocenters. The molecule has 0 aliphatic heterocycles. The van der Waals surface area contributed by atoms with E-state index in [0.717, 1.165) is 0 Å². The third kappa shape index (κ3) is 2.96. The Bertz CT molecular complexity index is 542. The van der Waals surface area contributed by atoms with E-state index < -0.39 is 20.6 Å². The van der Waals surface area contributed by atoms with Crippen molar-refractivity contribution in [3.8, 4) is 0 Å². The van der Waals surface area contributed by atoms with Gasteiger partial charge in [0.2, 0.25) is 10.0 Å². The number of nitro groups is 1. The Morgan fingerprint density at radius 1 is 1.39 bits per heavy atom. The Hall–Kier alpha value is -1.67. The van der Waals surface area contributed by atoms with Crippen molar-refractivity contribution in [1.82, 2.24) is 4.72 Å². The first kappa shape index (κ1) is 14.4. The minimum Gasteiger partial charge on any atom is -0.383 e. The van der Waals surface area contributed by atoms with Gasteiger partial charge in [0, 0.05) is 13.6 Å². The van der Waals surface area contributed by atoms with Crippen LogP contribution in [0.4, 0.5) is 11.4 Å². The first-order chi connectivity index (χ1) is 8.44. The minimum atomic E-state index is -3.86. The molecule has 0 saturated heterocycles. The molecule has 100 valence electrons. The average Bonchev–Trinajstić information content (AvgIpc) is 2.35. The van der Waals surface area contributed by atoms with Crippen LogP contribution in [-0.2, 0) is 10.0 Å². The third-order valence-corrected chi connectivity index (χ3v) is 3.78. The second-order valence-corrected chi connectivity index (χ2v) is 5.29. The lowest BCUT2D eigenvalue weighted by atomic mass is 10.3. The summed E-state index contributed by atoms with van der Waals surface area (Å²) in [6.45, 7) is 2.05. The normalized spacial score (nSPS) is 11.2. The molecule has 0 aliphatic rings. The summed E-state index contributed by atoms with van der Waals surface area (Å²) >= 11 is 0. The van der Waals surface area contributed by atoms with Crippen molar-refractivity contribution in [2.45, 2.75) is 18.2 Å². The first-order valence-corrected chi connectivity index (χ1v) is 6.87. The Labute approximate surface area is 105 Å². The van der Waals surface area contributed by atoms with Crippen LogP contribution >= 0.6 is 0 Å². The van der Waals surface area contributed by atoms with Gasteiger partial charge in [-0.3, -0.25) is 10.1 Å². The smallest absolute Gasteiger partial charge is 0.312 e. The van der Waals surface area contributed by atoms with Gasteiger partial charge >= 0.3 is 5.69 Å². The van der Waals surface area contributed by atoms with E-state index in [0.29, 0.717) is 6.42 Å². The highest BCUT2D eigenvalue weighted by molar-refractivity contribution is 7.89. The van der Waals surface area contributed by atoms with Crippen molar-refractivity contribution < 1.29 is 13.3 Å². The molecule has 2 N–H and O–H groups in total. The van der Waals surface area contributed by atoms with E-state index >= 15 is 0 Å². The van der Waals surface area contributed by atoms with Crippen LogP contribution in [0.25, 0.3) is 0 Å². The molecular formula is C10H15N3O4S. The molecule has 0 fully saturated rings. The SMILES string of the molecule is CCCNS(=O)(=O)c1cccc(NC)c1[N+](=O)[O-]. The van der Waals surface area contributed by atoms with E-state index in [1.807, 2.05) is 0 Å². The fraction of sp³-hybridized carbons (Fsp3) is 0.400. The molecule has 1 aromatic carbocycles. The maximum atomic E-state index is 11.9. The van der Waals surface area contributed by atoms with Crippen LogP contribution in [0.1, 0.15) is 13.3 Å². The Balaban J connectivity index is 3.36. The molecule has 0 aliphatic carbocycles. The largest absolute Gasteiger partial charge is 0.383 e. The summed E-state index contributed by atoms with van der Waals surface area (Å²) in [7, 11) is -2.36. The van der Waals surface area contributed by atoms with E-state index in [1.54, 1.807) is 6.92 Å². The predicted octanol–water partition coefficient (Wildman–Crippen LogP) is 1.32. The number of nitro benzene ring substituents is 1. The zero-order chi connectivity index (χ0) is 13.8. The number of sulfonamides is 1. The number of rotatable bonds is 6. The van der Waals surface area contributed by atoms with Gasteiger partial charge in [-0.2, -0.15) is 0 Å². The van der Waals surface area contributed by atoms with E-state index in [4.69, 9.17) is 0 Å². The lowest BCUT2D eigenvalue weighted by Gasteiger charge is -2.09. The van der Waals surface area contributed by atoms with Gasteiger partial charge in [-0.15, -0.1) is 0 Å². The Morgan fingerprint density at radius 3 is 2.56 bits per heavy atom. The summed E-state index contributed by atoms with van der Waals surface area (Å²) in [6.07, 6.45) is 0.610. The van der Waals surface area contributed by atoms with Crippen LogP contribution in [-0.4, -0.2) is 26.9 Å². The monoisotopic (exact) mass is 273 g/mol.